The molecule has 0 spiro atoms. The molecule has 1 unspecified atom stereocenters. The molecule has 18 heavy (non-hydrogen) atoms. The summed E-state index contributed by atoms with van der Waals surface area (Å²) >= 11 is 0. The maximum absolute atomic E-state index is 5.77. The first-order chi connectivity index (χ1) is 8.79. The third-order valence-electron chi connectivity index (χ3n) is 3.13. The smallest absolute Gasteiger partial charge is 0.157 e. The predicted octanol–water partition coefficient (Wildman–Crippen LogP) is 2.36. The molecule has 2 N–H and O–H groups in total. The molecule has 0 amide bonds. The van der Waals surface area contributed by atoms with Crippen molar-refractivity contribution in [2.45, 2.75) is 32.0 Å². The highest BCUT2D eigenvalue weighted by molar-refractivity contribution is 5.53. The average Bonchev–Trinajstić information content (AvgIpc) is 2.42. The van der Waals surface area contributed by atoms with Crippen molar-refractivity contribution in [3.8, 4) is 5.75 Å². The van der Waals surface area contributed by atoms with Crippen LogP contribution in [-0.2, 0) is 15.9 Å². The average molecular weight is 251 g/mol. The Morgan fingerprint density at radius 1 is 1.39 bits per heavy atom. The van der Waals surface area contributed by atoms with E-state index in [4.69, 9.17) is 19.9 Å². The largest absolute Gasteiger partial charge is 0.495 e. The third kappa shape index (κ3) is 3.62. The van der Waals surface area contributed by atoms with Crippen molar-refractivity contribution in [1.29, 1.82) is 0 Å². The van der Waals surface area contributed by atoms with E-state index in [-0.39, 0.29) is 6.29 Å². The Bertz CT molecular complexity index is 375. The van der Waals surface area contributed by atoms with E-state index in [1.54, 1.807) is 7.11 Å². The van der Waals surface area contributed by atoms with Crippen molar-refractivity contribution in [3.05, 3.63) is 23.8 Å². The van der Waals surface area contributed by atoms with Crippen LogP contribution in [0.15, 0.2) is 18.2 Å². The highest BCUT2D eigenvalue weighted by Crippen LogP contribution is 2.22. The molecule has 0 radical (unpaired) electrons. The van der Waals surface area contributed by atoms with Crippen LogP contribution >= 0.6 is 0 Å². The lowest BCUT2D eigenvalue weighted by Gasteiger charge is -2.22. The van der Waals surface area contributed by atoms with Gasteiger partial charge < -0.3 is 19.9 Å². The van der Waals surface area contributed by atoms with Crippen molar-refractivity contribution in [2.75, 3.05) is 26.1 Å². The number of anilines is 1. The Hall–Kier alpha value is -1.26. The van der Waals surface area contributed by atoms with Crippen molar-refractivity contribution in [3.63, 3.8) is 0 Å². The first kappa shape index (κ1) is 13.2. The number of hydrogen-bond acceptors (Lipinski definition) is 4. The van der Waals surface area contributed by atoms with Gasteiger partial charge in [-0.15, -0.1) is 0 Å². The van der Waals surface area contributed by atoms with Crippen LogP contribution in [0.25, 0.3) is 0 Å². The zero-order chi connectivity index (χ0) is 12.8. The minimum absolute atomic E-state index is 0.0190. The van der Waals surface area contributed by atoms with Crippen LogP contribution in [0.2, 0.25) is 0 Å². The zero-order valence-corrected chi connectivity index (χ0v) is 10.9. The maximum atomic E-state index is 5.77. The minimum Gasteiger partial charge on any atom is -0.495 e. The molecule has 1 aromatic carbocycles. The number of hydrogen-bond donors (Lipinski definition) is 1. The molecule has 0 bridgehead atoms. The summed E-state index contributed by atoms with van der Waals surface area (Å²) in [4.78, 5) is 0. The Kier molecular flexibility index (Phi) is 4.84. The molecule has 1 saturated heterocycles. The van der Waals surface area contributed by atoms with Gasteiger partial charge in [-0.3, -0.25) is 0 Å². The van der Waals surface area contributed by atoms with Crippen LogP contribution < -0.4 is 10.5 Å². The monoisotopic (exact) mass is 251 g/mol. The second-order valence-electron chi connectivity index (χ2n) is 4.49. The van der Waals surface area contributed by atoms with E-state index < -0.39 is 0 Å². The van der Waals surface area contributed by atoms with Gasteiger partial charge in [-0.05, 0) is 43.4 Å². The number of nitrogen functional groups attached to an aromatic ring is 1. The molecular formula is C14H21NO3. The highest BCUT2D eigenvalue weighted by Gasteiger charge is 2.13. The summed E-state index contributed by atoms with van der Waals surface area (Å²) in [5.74, 6) is 0.724. The molecule has 1 fully saturated rings. The maximum Gasteiger partial charge on any atom is 0.157 e. The first-order valence-electron chi connectivity index (χ1n) is 6.45. The molecule has 0 saturated carbocycles. The Labute approximate surface area is 108 Å². The van der Waals surface area contributed by atoms with Crippen LogP contribution in [0.4, 0.5) is 5.69 Å². The van der Waals surface area contributed by atoms with E-state index >= 15 is 0 Å². The fraction of sp³-hybridized carbons (Fsp3) is 0.571. The van der Waals surface area contributed by atoms with E-state index in [2.05, 4.69) is 0 Å². The number of nitrogens with two attached hydrogens (primary N) is 1. The van der Waals surface area contributed by atoms with Gasteiger partial charge in [0, 0.05) is 6.61 Å². The molecular weight excluding hydrogens is 230 g/mol. The zero-order valence-electron chi connectivity index (χ0n) is 10.9. The molecule has 1 heterocycles. The fourth-order valence-corrected chi connectivity index (χ4v) is 2.06. The van der Waals surface area contributed by atoms with Gasteiger partial charge in [-0.2, -0.15) is 0 Å². The van der Waals surface area contributed by atoms with Gasteiger partial charge in [-0.1, -0.05) is 6.07 Å². The molecule has 100 valence electrons. The molecule has 0 aromatic heterocycles. The lowest BCUT2D eigenvalue weighted by atomic mass is 10.1. The van der Waals surface area contributed by atoms with Gasteiger partial charge in [0.15, 0.2) is 6.29 Å². The Balaban J connectivity index is 1.79. The van der Waals surface area contributed by atoms with Gasteiger partial charge in [0.2, 0.25) is 0 Å². The fourth-order valence-electron chi connectivity index (χ4n) is 2.06. The van der Waals surface area contributed by atoms with Crippen LogP contribution in [0.3, 0.4) is 0 Å². The summed E-state index contributed by atoms with van der Waals surface area (Å²) in [5, 5.41) is 0. The summed E-state index contributed by atoms with van der Waals surface area (Å²) in [5.41, 5.74) is 7.60. The van der Waals surface area contributed by atoms with Crippen LogP contribution in [-0.4, -0.2) is 26.6 Å². The highest BCUT2D eigenvalue weighted by atomic mass is 16.7. The Morgan fingerprint density at radius 2 is 2.28 bits per heavy atom. The molecule has 1 aliphatic heterocycles. The summed E-state index contributed by atoms with van der Waals surface area (Å²) < 4.78 is 16.4. The minimum atomic E-state index is -0.0190. The van der Waals surface area contributed by atoms with Crippen LogP contribution in [0, 0.1) is 0 Å². The number of benzene rings is 1. The van der Waals surface area contributed by atoms with Gasteiger partial charge in [-0.25, -0.2) is 0 Å². The molecule has 4 heteroatoms. The Morgan fingerprint density at radius 3 is 3.00 bits per heavy atom. The van der Waals surface area contributed by atoms with Crippen molar-refractivity contribution < 1.29 is 14.2 Å². The van der Waals surface area contributed by atoms with E-state index in [0.717, 1.165) is 37.2 Å². The van der Waals surface area contributed by atoms with Crippen molar-refractivity contribution in [1.82, 2.24) is 0 Å². The number of ether oxygens (including phenoxy) is 3. The quantitative estimate of drug-likeness (QED) is 0.816. The summed E-state index contributed by atoms with van der Waals surface area (Å²) in [6.45, 7) is 1.48. The van der Waals surface area contributed by atoms with E-state index in [0.29, 0.717) is 12.3 Å². The van der Waals surface area contributed by atoms with Crippen LogP contribution in [0.5, 0.6) is 5.75 Å². The molecule has 4 nitrogen and oxygen atoms in total. The standard InChI is InChI=1S/C14H21NO3/c1-16-13-10-11(5-6-12(13)15)7-9-18-14-4-2-3-8-17-14/h5-6,10,14H,2-4,7-9,15H2,1H3. The third-order valence-corrected chi connectivity index (χ3v) is 3.13. The molecule has 2 rings (SSSR count). The van der Waals surface area contributed by atoms with Gasteiger partial charge >= 0.3 is 0 Å². The van der Waals surface area contributed by atoms with Crippen molar-refractivity contribution in [2.24, 2.45) is 0 Å². The molecule has 1 aromatic rings. The normalized spacial score (nSPS) is 19.7. The van der Waals surface area contributed by atoms with Gasteiger partial charge in [0.25, 0.3) is 0 Å². The SMILES string of the molecule is COc1cc(CCOC2CCCCO2)ccc1N. The lowest BCUT2D eigenvalue weighted by Crippen LogP contribution is -2.23. The topological polar surface area (TPSA) is 53.7 Å². The summed E-state index contributed by atoms with van der Waals surface area (Å²) in [6.07, 6.45) is 4.17. The second-order valence-corrected chi connectivity index (χ2v) is 4.49. The summed E-state index contributed by atoms with van der Waals surface area (Å²) in [6, 6.07) is 5.83. The van der Waals surface area contributed by atoms with E-state index in [9.17, 15) is 0 Å². The lowest BCUT2D eigenvalue weighted by molar-refractivity contribution is -0.161. The van der Waals surface area contributed by atoms with Crippen molar-refractivity contribution >= 4 is 5.69 Å². The number of rotatable bonds is 5. The van der Waals surface area contributed by atoms with Crippen LogP contribution in [0.1, 0.15) is 24.8 Å². The first-order valence-corrected chi connectivity index (χ1v) is 6.45. The van der Waals surface area contributed by atoms with Gasteiger partial charge in [0.1, 0.15) is 5.75 Å². The molecule has 1 atom stereocenters. The number of methoxy groups -OCH3 is 1. The molecule has 1 aliphatic rings. The summed E-state index contributed by atoms with van der Waals surface area (Å²) in [7, 11) is 1.63. The predicted molar refractivity (Wildman–Crippen MR) is 70.7 cm³/mol. The second kappa shape index (κ2) is 6.61. The van der Waals surface area contributed by atoms with E-state index in [1.807, 2.05) is 18.2 Å². The van der Waals surface area contributed by atoms with Gasteiger partial charge in [0.05, 0.1) is 19.4 Å². The van der Waals surface area contributed by atoms with E-state index in [1.165, 1.54) is 6.42 Å². The molecule has 0 aliphatic carbocycles.